The molecule has 2 aromatic heterocycles. The van der Waals surface area contributed by atoms with Crippen molar-refractivity contribution in [2.24, 2.45) is 0 Å². The predicted molar refractivity (Wildman–Crippen MR) is 134 cm³/mol. The summed E-state index contributed by atoms with van der Waals surface area (Å²) >= 11 is 6.11. The highest BCUT2D eigenvalue weighted by Crippen LogP contribution is 2.28. The van der Waals surface area contributed by atoms with Crippen LogP contribution in [0.5, 0.6) is 0 Å². The van der Waals surface area contributed by atoms with Gasteiger partial charge >= 0.3 is 5.97 Å². The third-order valence-corrected chi connectivity index (χ3v) is 5.57. The molecular weight excluding hydrogens is 490 g/mol. The van der Waals surface area contributed by atoms with E-state index in [0.29, 0.717) is 33.1 Å². The number of allylic oxidation sites excluding steroid dienone is 1. The van der Waals surface area contributed by atoms with Gasteiger partial charge in [-0.05, 0) is 49.8 Å². The van der Waals surface area contributed by atoms with E-state index in [4.69, 9.17) is 22.1 Å². The minimum Gasteiger partial charge on any atom is -0.465 e. The van der Waals surface area contributed by atoms with Gasteiger partial charge in [0.1, 0.15) is 24.4 Å². The Morgan fingerprint density at radius 2 is 2.03 bits per heavy atom. The van der Waals surface area contributed by atoms with Crippen molar-refractivity contribution in [3.63, 3.8) is 0 Å². The first-order valence-corrected chi connectivity index (χ1v) is 11.2. The van der Waals surface area contributed by atoms with Crippen LogP contribution >= 0.6 is 11.6 Å². The average molecular weight is 514 g/mol. The van der Waals surface area contributed by atoms with E-state index in [9.17, 15) is 24.0 Å². The Kier molecular flexibility index (Phi) is 8.28. The monoisotopic (exact) mass is 513 g/mol. The number of carbonyl (C=O) groups is 4. The number of hydrogen-bond donors (Lipinski definition) is 3. The van der Waals surface area contributed by atoms with Crippen molar-refractivity contribution in [1.29, 1.82) is 0 Å². The van der Waals surface area contributed by atoms with E-state index in [1.54, 1.807) is 37.3 Å². The number of nitrogens with one attached hydrogen (secondary N) is 2. The second kappa shape index (κ2) is 11.4. The number of esters is 1. The molecule has 0 fully saturated rings. The summed E-state index contributed by atoms with van der Waals surface area (Å²) < 4.78 is 6.00. The number of nitrogens with two attached hydrogens (primary N) is 1. The van der Waals surface area contributed by atoms with Gasteiger partial charge in [-0.3, -0.25) is 29.4 Å². The molecule has 2 heterocycles. The van der Waals surface area contributed by atoms with Gasteiger partial charge in [0.25, 0.3) is 17.4 Å². The molecule has 1 atom stereocenters. The standard InChI is InChI=1S/C24H24ClN5O6/c1-3-36-21(33)13-30(20(32)5-4-10-31)28-23(34)14(2)29-9-8-16-12-19(27-22(16)24(29)35)15-6-7-18(26)17(25)11-15/h4-12,14,27H,3,13,26H2,1-2H3,(H,28,34)/b5-4+. The third-order valence-electron chi connectivity index (χ3n) is 5.24. The lowest BCUT2D eigenvalue weighted by molar-refractivity contribution is -0.151. The van der Waals surface area contributed by atoms with Crippen LogP contribution in [0.1, 0.15) is 19.9 Å². The van der Waals surface area contributed by atoms with Crippen LogP contribution in [-0.2, 0) is 23.9 Å². The zero-order valence-electron chi connectivity index (χ0n) is 19.5. The van der Waals surface area contributed by atoms with Crippen molar-refractivity contribution in [2.45, 2.75) is 19.9 Å². The number of nitrogen functional groups attached to an aromatic ring is 1. The largest absolute Gasteiger partial charge is 0.465 e. The first-order chi connectivity index (χ1) is 17.2. The minimum absolute atomic E-state index is 0.0749. The zero-order valence-corrected chi connectivity index (χ0v) is 20.2. The maximum absolute atomic E-state index is 13.2. The van der Waals surface area contributed by atoms with Crippen LogP contribution in [0.25, 0.3) is 22.2 Å². The smallest absolute Gasteiger partial charge is 0.327 e. The molecule has 11 nitrogen and oxygen atoms in total. The Morgan fingerprint density at radius 3 is 2.69 bits per heavy atom. The van der Waals surface area contributed by atoms with E-state index < -0.39 is 35.9 Å². The van der Waals surface area contributed by atoms with Gasteiger partial charge in [-0.1, -0.05) is 17.7 Å². The van der Waals surface area contributed by atoms with E-state index in [1.165, 1.54) is 17.7 Å². The second-order valence-electron chi connectivity index (χ2n) is 7.65. The molecule has 0 aliphatic carbocycles. The van der Waals surface area contributed by atoms with Gasteiger partial charge in [0.05, 0.1) is 17.3 Å². The number of rotatable bonds is 8. The number of aldehydes is 1. The first kappa shape index (κ1) is 26.2. The number of amides is 2. The number of nitrogens with zero attached hydrogens (tertiary/aromatic N) is 2. The maximum atomic E-state index is 13.2. The number of pyridine rings is 1. The number of fused-ring (bicyclic) bond motifs is 1. The number of hydrazine groups is 1. The van der Waals surface area contributed by atoms with Gasteiger partial charge in [0, 0.05) is 23.4 Å². The molecule has 0 bridgehead atoms. The summed E-state index contributed by atoms with van der Waals surface area (Å²) in [5, 5.41) is 1.70. The molecule has 36 heavy (non-hydrogen) atoms. The third kappa shape index (κ3) is 5.81. The number of aromatic nitrogens is 2. The van der Waals surface area contributed by atoms with Crippen molar-refractivity contribution in [2.75, 3.05) is 18.9 Å². The Labute approximate surface area is 210 Å². The molecule has 12 heteroatoms. The van der Waals surface area contributed by atoms with Crippen LogP contribution in [0.2, 0.25) is 5.02 Å². The average Bonchev–Trinajstić information content (AvgIpc) is 3.29. The highest BCUT2D eigenvalue weighted by Gasteiger charge is 2.24. The molecule has 3 rings (SSSR count). The van der Waals surface area contributed by atoms with E-state index in [-0.39, 0.29) is 12.1 Å². The van der Waals surface area contributed by atoms with Crippen LogP contribution in [0.4, 0.5) is 5.69 Å². The molecule has 1 unspecified atom stereocenters. The molecule has 188 valence electrons. The van der Waals surface area contributed by atoms with Gasteiger partial charge in [-0.15, -0.1) is 0 Å². The Hall–Kier alpha value is -4.38. The van der Waals surface area contributed by atoms with Gasteiger partial charge < -0.3 is 20.0 Å². The summed E-state index contributed by atoms with van der Waals surface area (Å²) in [6.07, 6.45) is 3.64. The molecule has 0 aliphatic heterocycles. The Morgan fingerprint density at radius 1 is 1.28 bits per heavy atom. The lowest BCUT2D eigenvalue weighted by atomic mass is 10.1. The summed E-state index contributed by atoms with van der Waals surface area (Å²) in [7, 11) is 0. The topological polar surface area (TPSA) is 157 Å². The molecule has 0 radical (unpaired) electrons. The lowest BCUT2D eigenvalue weighted by Gasteiger charge is -2.23. The molecule has 0 saturated carbocycles. The zero-order chi connectivity index (χ0) is 26.4. The summed E-state index contributed by atoms with van der Waals surface area (Å²) in [5.41, 5.74) is 9.63. The number of anilines is 1. The van der Waals surface area contributed by atoms with Crippen molar-refractivity contribution in [1.82, 2.24) is 20.0 Å². The van der Waals surface area contributed by atoms with E-state index in [2.05, 4.69) is 10.4 Å². The quantitative estimate of drug-likeness (QED) is 0.137. The maximum Gasteiger partial charge on any atom is 0.327 e. The van der Waals surface area contributed by atoms with E-state index in [1.807, 2.05) is 0 Å². The number of aromatic amines is 1. The summed E-state index contributed by atoms with van der Waals surface area (Å²) in [4.78, 5) is 63.9. The van der Waals surface area contributed by atoms with Gasteiger partial charge in [-0.2, -0.15) is 0 Å². The Bertz CT molecular complexity index is 1410. The van der Waals surface area contributed by atoms with Crippen LogP contribution < -0.4 is 16.7 Å². The van der Waals surface area contributed by atoms with Gasteiger partial charge in [0.2, 0.25) is 0 Å². The van der Waals surface area contributed by atoms with Crippen molar-refractivity contribution < 1.29 is 23.9 Å². The summed E-state index contributed by atoms with van der Waals surface area (Å²) in [5.74, 6) is -2.33. The van der Waals surface area contributed by atoms with Crippen molar-refractivity contribution in [3.8, 4) is 11.3 Å². The fourth-order valence-corrected chi connectivity index (χ4v) is 3.54. The molecule has 0 spiro atoms. The number of ether oxygens (including phenoxy) is 1. The number of hydrogen-bond acceptors (Lipinski definition) is 7. The van der Waals surface area contributed by atoms with Crippen molar-refractivity contribution >= 4 is 52.3 Å². The highest BCUT2D eigenvalue weighted by atomic mass is 35.5. The van der Waals surface area contributed by atoms with Gasteiger partial charge in [-0.25, -0.2) is 5.01 Å². The predicted octanol–water partition coefficient (Wildman–Crippen LogP) is 1.97. The molecule has 1 aromatic carbocycles. The SMILES string of the molecule is CCOC(=O)CN(NC(=O)C(C)n1ccc2cc(-c3ccc(N)c(Cl)c3)[nH]c2c1=O)C(=O)/C=C/C=O. The number of carbonyl (C=O) groups excluding carboxylic acids is 4. The molecule has 4 N–H and O–H groups in total. The fourth-order valence-electron chi connectivity index (χ4n) is 3.36. The highest BCUT2D eigenvalue weighted by molar-refractivity contribution is 6.33. The van der Waals surface area contributed by atoms with E-state index >= 15 is 0 Å². The Balaban J connectivity index is 1.88. The number of halogens is 1. The van der Waals surface area contributed by atoms with Crippen LogP contribution in [-0.4, -0.2) is 51.8 Å². The summed E-state index contributed by atoms with van der Waals surface area (Å²) in [6.45, 7) is 2.53. The molecular formula is C24H24ClN5O6. The lowest BCUT2D eigenvalue weighted by Crippen LogP contribution is -2.50. The second-order valence-corrected chi connectivity index (χ2v) is 8.06. The number of benzene rings is 1. The molecule has 0 aliphatic rings. The molecule has 2 amide bonds. The number of H-pyrrole nitrogens is 1. The molecule has 3 aromatic rings. The van der Waals surface area contributed by atoms with E-state index in [0.717, 1.165) is 17.7 Å². The minimum atomic E-state index is -1.06. The van der Waals surface area contributed by atoms with Crippen LogP contribution in [0, 0.1) is 0 Å². The first-order valence-electron chi connectivity index (χ1n) is 10.8. The summed E-state index contributed by atoms with van der Waals surface area (Å²) in [6, 6.07) is 7.45. The van der Waals surface area contributed by atoms with Crippen LogP contribution in [0.3, 0.4) is 0 Å². The van der Waals surface area contributed by atoms with Gasteiger partial charge in [0.15, 0.2) is 0 Å². The van der Waals surface area contributed by atoms with Crippen molar-refractivity contribution in [3.05, 3.63) is 64.1 Å². The van der Waals surface area contributed by atoms with Crippen LogP contribution in [0.15, 0.2) is 53.5 Å². The molecule has 0 saturated heterocycles. The normalized spacial score (nSPS) is 11.9. The fraction of sp³-hybridized carbons (Fsp3) is 0.208.